The van der Waals surface area contributed by atoms with E-state index in [9.17, 15) is 19.2 Å². The maximum absolute atomic E-state index is 13.2. The predicted molar refractivity (Wildman–Crippen MR) is 116 cm³/mol. The number of carbonyl (C=O) groups is 4. The molecule has 0 spiro atoms. The number of fused-ring (bicyclic) bond motifs is 2. The van der Waals surface area contributed by atoms with Gasteiger partial charge in [-0.3, -0.25) is 29.4 Å². The highest BCUT2D eigenvalue weighted by Crippen LogP contribution is 2.52. The lowest BCUT2D eigenvalue weighted by Crippen LogP contribution is -2.54. The van der Waals surface area contributed by atoms with Crippen LogP contribution in [0.4, 0.5) is 0 Å². The average molecular weight is 439 g/mol. The Morgan fingerprint density at radius 3 is 2.50 bits per heavy atom. The number of rotatable bonds is 6. The lowest BCUT2D eigenvalue weighted by atomic mass is 9.83. The largest absolute Gasteiger partial charge is 0.330 e. The van der Waals surface area contributed by atoms with E-state index in [1.165, 1.54) is 19.3 Å². The van der Waals surface area contributed by atoms with Crippen molar-refractivity contribution in [3.63, 3.8) is 0 Å². The van der Waals surface area contributed by atoms with Gasteiger partial charge in [-0.15, -0.1) is 0 Å². The van der Waals surface area contributed by atoms with E-state index < -0.39 is 23.8 Å². The number of nitrogens with zero attached hydrogens (tertiary/aromatic N) is 1. The Morgan fingerprint density at radius 1 is 1.06 bits per heavy atom. The fraction of sp³-hybridized carbons (Fsp3) is 0.583. The lowest BCUT2D eigenvalue weighted by molar-refractivity contribution is -0.136. The number of benzene rings is 1. The number of nitrogens with two attached hydrogens (primary N) is 1. The number of carbonyl (C=O) groups excluding carboxylic acids is 4. The molecule has 8 nitrogen and oxygen atoms in total. The molecule has 0 radical (unpaired) electrons. The van der Waals surface area contributed by atoms with E-state index >= 15 is 0 Å². The molecule has 4 amide bonds. The molecule has 170 valence electrons. The molecular formula is C24H30N4O4. The molecule has 2 heterocycles. The van der Waals surface area contributed by atoms with Gasteiger partial charge in [-0.1, -0.05) is 31.4 Å². The minimum atomic E-state index is -0.945. The fourth-order valence-corrected chi connectivity index (χ4v) is 6.42. The van der Waals surface area contributed by atoms with E-state index in [-0.39, 0.29) is 24.2 Å². The first-order valence-corrected chi connectivity index (χ1v) is 11.7. The van der Waals surface area contributed by atoms with Crippen molar-refractivity contribution in [1.29, 1.82) is 0 Å². The van der Waals surface area contributed by atoms with Gasteiger partial charge in [-0.05, 0) is 54.7 Å². The monoisotopic (exact) mass is 438 g/mol. The summed E-state index contributed by atoms with van der Waals surface area (Å²) < 4.78 is 0. The minimum absolute atomic E-state index is 0.103. The Hall–Kier alpha value is -2.58. The van der Waals surface area contributed by atoms with Crippen molar-refractivity contribution in [2.24, 2.45) is 23.0 Å². The molecule has 2 aliphatic heterocycles. The van der Waals surface area contributed by atoms with Gasteiger partial charge in [0.1, 0.15) is 6.04 Å². The summed E-state index contributed by atoms with van der Waals surface area (Å²) in [5.41, 5.74) is 7.74. The Labute approximate surface area is 187 Å². The summed E-state index contributed by atoms with van der Waals surface area (Å²) in [4.78, 5) is 51.0. The summed E-state index contributed by atoms with van der Waals surface area (Å²) in [7, 11) is 0. The van der Waals surface area contributed by atoms with Crippen molar-refractivity contribution < 1.29 is 19.2 Å². The van der Waals surface area contributed by atoms with Gasteiger partial charge in [-0.2, -0.15) is 0 Å². The van der Waals surface area contributed by atoms with Crippen molar-refractivity contribution in [3.05, 3.63) is 34.9 Å². The second-order valence-corrected chi connectivity index (χ2v) is 9.95. The van der Waals surface area contributed by atoms with Gasteiger partial charge in [0, 0.05) is 19.5 Å². The molecule has 3 fully saturated rings. The Bertz CT molecular complexity index is 978. The Kier molecular flexibility index (Phi) is 5.37. The number of imide groups is 2. The third-order valence-corrected chi connectivity index (χ3v) is 8.01. The van der Waals surface area contributed by atoms with Crippen LogP contribution in [0.3, 0.4) is 0 Å². The molecule has 1 saturated heterocycles. The van der Waals surface area contributed by atoms with E-state index in [0.717, 1.165) is 41.7 Å². The first-order valence-electron chi connectivity index (χ1n) is 11.7. The van der Waals surface area contributed by atoms with Crippen LogP contribution in [0.5, 0.6) is 0 Å². The summed E-state index contributed by atoms with van der Waals surface area (Å²) in [5.74, 6) is -0.306. The highest BCUT2D eigenvalue weighted by atomic mass is 16.2. The van der Waals surface area contributed by atoms with Crippen molar-refractivity contribution in [2.45, 2.75) is 57.5 Å². The highest BCUT2D eigenvalue weighted by Gasteiger charge is 2.47. The van der Waals surface area contributed by atoms with Crippen LogP contribution in [0.15, 0.2) is 18.2 Å². The van der Waals surface area contributed by atoms with Crippen LogP contribution in [0.2, 0.25) is 0 Å². The van der Waals surface area contributed by atoms with Gasteiger partial charge >= 0.3 is 0 Å². The molecule has 1 aromatic carbocycles. The Morgan fingerprint density at radius 2 is 1.81 bits per heavy atom. The van der Waals surface area contributed by atoms with Crippen LogP contribution in [-0.4, -0.2) is 47.7 Å². The molecule has 4 aliphatic rings. The third kappa shape index (κ3) is 3.46. The first-order chi connectivity index (χ1) is 15.4. The number of amides is 4. The molecule has 1 aromatic rings. The van der Waals surface area contributed by atoms with Crippen LogP contribution < -0.4 is 16.4 Å². The number of hydrogen-bond donors (Lipinski definition) is 3. The number of nitrogens with one attached hydrogen (secondary N) is 2. The zero-order valence-corrected chi connectivity index (χ0v) is 18.2. The first kappa shape index (κ1) is 21.3. The number of piperidine rings is 1. The molecule has 4 N–H and O–H groups in total. The Balaban J connectivity index is 1.30. The van der Waals surface area contributed by atoms with Crippen LogP contribution in [0, 0.1) is 17.3 Å². The maximum atomic E-state index is 13.2. The summed E-state index contributed by atoms with van der Waals surface area (Å²) in [6.07, 6.45) is 6.55. The van der Waals surface area contributed by atoms with Gasteiger partial charge in [0.15, 0.2) is 0 Å². The van der Waals surface area contributed by atoms with Crippen LogP contribution >= 0.6 is 0 Å². The third-order valence-electron chi connectivity index (χ3n) is 8.01. The standard InChI is InChI=1S/C24H30N4O4/c25-12-24(9-14-3-1-4-15(14)10-24)13-26-11-16-5-2-6-17-20(16)23(32)28(22(17)31)18-7-8-19(29)27-21(18)30/h2,5-6,14-15,18,26H,1,3-4,7-13,25H2,(H,27,29,30). The van der Waals surface area contributed by atoms with Crippen molar-refractivity contribution in [1.82, 2.24) is 15.5 Å². The zero-order valence-electron chi connectivity index (χ0n) is 18.2. The smallest absolute Gasteiger partial charge is 0.262 e. The van der Waals surface area contributed by atoms with Gasteiger partial charge < -0.3 is 11.1 Å². The zero-order chi connectivity index (χ0) is 22.5. The average Bonchev–Trinajstić information content (AvgIpc) is 3.41. The van der Waals surface area contributed by atoms with Gasteiger partial charge in [-0.25, -0.2) is 0 Å². The van der Waals surface area contributed by atoms with Gasteiger partial charge in [0.2, 0.25) is 11.8 Å². The van der Waals surface area contributed by atoms with Crippen molar-refractivity contribution in [2.75, 3.05) is 13.1 Å². The minimum Gasteiger partial charge on any atom is -0.330 e. The van der Waals surface area contributed by atoms with Crippen molar-refractivity contribution >= 4 is 23.6 Å². The van der Waals surface area contributed by atoms with E-state index in [4.69, 9.17) is 5.73 Å². The molecule has 32 heavy (non-hydrogen) atoms. The molecule has 5 rings (SSSR count). The molecule has 0 aromatic heterocycles. The molecule has 0 bridgehead atoms. The molecular weight excluding hydrogens is 408 g/mol. The van der Waals surface area contributed by atoms with E-state index in [0.29, 0.717) is 24.2 Å². The second kappa shape index (κ2) is 8.08. The van der Waals surface area contributed by atoms with Gasteiger partial charge in [0.25, 0.3) is 11.8 Å². The summed E-state index contributed by atoms with van der Waals surface area (Å²) >= 11 is 0. The molecule has 8 heteroatoms. The van der Waals surface area contributed by atoms with Crippen LogP contribution in [0.1, 0.15) is 71.2 Å². The van der Waals surface area contributed by atoms with E-state index in [2.05, 4.69) is 10.6 Å². The molecule has 2 aliphatic carbocycles. The van der Waals surface area contributed by atoms with Crippen molar-refractivity contribution in [3.8, 4) is 0 Å². The molecule has 3 atom stereocenters. The normalized spacial score (nSPS) is 31.8. The van der Waals surface area contributed by atoms with E-state index in [1.54, 1.807) is 12.1 Å². The SMILES string of the molecule is NCC1(CNCc2cccc3c2C(=O)N(C2CCC(=O)NC2=O)C3=O)CC2CCCC2C1. The van der Waals surface area contributed by atoms with Crippen LogP contribution in [-0.2, 0) is 16.1 Å². The van der Waals surface area contributed by atoms with Crippen LogP contribution in [0.25, 0.3) is 0 Å². The quantitative estimate of drug-likeness (QED) is 0.576. The van der Waals surface area contributed by atoms with E-state index in [1.807, 2.05) is 6.07 Å². The van der Waals surface area contributed by atoms with Gasteiger partial charge in [0.05, 0.1) is 11.1 Å². The predicted octanol–water partition coefficient (Wildman–Crippen LogP) is 1.33. The summed E-state index contributed by atoms with van der Waals surface area (Å²) in [6.45, 7) is 1.90. The number of hydrogen-bond acceptors (Lipinski definition) is 6. The second-order valence-electron chi connectivity index (χ2n) is 9.95. The summed E-state index contributed by atoms with van der Waals surface area (Å²) in [6, 6.07) is 4.31. The molecule has 2 saturated carbocycles. The highest BCUT2D eigenvalue weighted by molar-refractivity contribution is 6.24. The topological polar surface area (TPSA) is 122 Å². The lowest BCUT2D eigenvalue weighted by Gasteiger charge is -2.29. The fourth-order valence-electron chi connectivity index (χ4n) is 6.42. The molecule has 3 unspecified atom stereocenters. The maximum Gasteiger partial charge on any atom is 0.262 e. The summed E-state index contributed by atoms with van der Waals surface area (Å²) in [5, 5.41) is 5.75.